The number of aromatic carboxylic acids is 3. The standard InChI is InChI=1S/C9H6O6.C5H11Cl/c10-7(11)4-2-1-3-5(8(12)13)6(4)9(14)15;1-2-3-4-5-6/h1-3H,(H,10,11)(H,12,13)(H,14,15);2-5H2,1H3. The van der Waals surface area contributed by atoms with E-state index in [2.05, 4.69) is 6.92 Å². The fourth-order valence-corrected chi connectivity index (χ4v) is 1.67. The van der Waals surface area contributed by atoms with Crippen LogP contribution < -0.4 is 0 Å². The number of hydrogen-bond donors (Lipinski definition) is 3. The van der Waals surface area contributed by atoms with E-state index in [-0.39, 0.29) is 0 Å². The summed E-state index contributed by atoms with van der Waals surface area (Å²) in [5.41, 5.74) is -1.79. The number of unbranched alkanes of at least 4 members (excludes halogenated alkanes) is 2. The monoisotopic (exact) mass is 316 g/mol. The molecule has 1 aromatic carbocycles. The van der Waals surface area contributed by atoms with Crippen LogP contribution in [0, 0.1) is 0 Å². The Morgan fingerprint density at radius 1 is 0.952 bits per heavy atom. The topological polar surface area (TPSA) is 112 Å². The van der Waals surface area contributed by atoms with Crippen molar-refractivity contribution in [2.45, 2.75) is 26.2 Å². The van der Waals surface area contributed by atoms with E-state index in [0.29, 0.717) is 0 Å². The second-order valence-electron chi connectivity index (χ2n) is 4.04. The molecule has 0 aliphatic rings. The SMILES string of the molecule is CCCCCCl.O=C(O)c1cccc(C(=O)O)c1C(=O)O. The minimum atomic E-state index is -1.58. The first kappa shape index (κ1) is 18.9. The first-order chi connectivity index (χ1) is 9.86. The summed E-state index contributed by atoms with van der Waals surface area (Å²) in [6, 6.07) is 3.26. The maximum atomic E-state index is 10.7. The van der Waals surface area contributed by atoms with Crippen LogP contribution in [0.4, 0.5) is 0 Å². The molecule has 0 aliphatic carbocycles. The maximum Gasteiger partial charge on any atom is 0.337 e. The van der Waals surface area contributed by atoms with Crippen molar-refractivity contribution in [1.29, 1.82) is 0 Å². The van der Waals surface area contributed by atoms with Crippen molar-refractivity contribution >= 4 is 29.5 Å². The van der Waals surface area contributed by atoms with Crippen molar-refractivity contribution in [3.05, 3.63) is 34.9 Å². The van der Waals surface area contributed by atoms with Crippen LogP contribution in [0.3, 0.4) is 0 Å². The molecule has 3 N–H and O–H groups in total. The molecule has 0 aliphatic heterocycles. The third kappa shape index (κ3) is 6.27. The molecule has 1 rings (SSSR count). The molecule has 0 bridgehead atoms. The normalized spacial score (nSPS) is 9.43. The Morgan fingerprint density at radius 3 is 1.67 bits per heavy atom. The zero-order valence-electron chi connectivity index (χ0n) is 11.5. The van der Waals surface area contributed by atoms with E-state index in [1.807, 2.05) is 0 Å². The van der Waals surface area contributed by atoms with Gasteiger partial charge in [0, 0.05) is 5.88 Å². The third-order valence-corrected chi connectivity index (χ3v) is 2.74. The number of carbonyl (C=O) groups is 3. The molecule has 1 aromatic rings. The lowest BCUT2D eigenvalue weighted by molar-refractivity contribution is 0.0633. The predicted octanol–water partition coefficient (Wildman–Crippen LogP) is 3.20. The highest BCUT2D eigenvalue weighted by Crippen LogP contribution is 2.15. The highest BCUT2D eigenvalue weighted by Gasteiger charge is 2.22. The number of hydrogen-bond acceptors (Lipinski definition) is 3. The van der Waals surface area contributed by atoms with E-state index in [1.54, 1.807) is 0 Å². The molecule has 116 valence electrons. The van der Waals surface area contributed by atoms with Gasteiger partial charge >= 0.3 is 17.9 Å². The zero-order chi connectivity index (χ0) is 16.4. The number of benzene rings is 1. The molecule has 6 nitrogen and oxygen atoms in total. The summed E-state index contributed by atoms with van der Waals surface area (Å²) < 4.78 is 0. The molecule has 21 heavy (non-hydrogen) atoms. The molecule has 0 unspecified atom stereocenters. The average molecular weight is 317 g/mol. The molecular formula is C14H17ClO6. The van der Waals surface area contributed by atoms with Gasteiger partial charge in [0.25, 0.3) is 0 Å². The minimum Gasteiger partial charge on any atom is -0.478 e. The van der Waals surface area contributed by atoms with Gasteiger partial charge in [-0.2, -0.15) is 0 Å². The fourth-order valence-electron chi connectivity index (χ4n) is 1.48. The maximum absolute atomic E-state index is 10.7. The van der Waals surface area contributed by atoms with Crippen LogP contribution in [-0.4, -0.2) is 39.1 Å². The van der Waals surface area contributed by atoms with Gasteiger partial charge in [-0.3, -0.25) is 0 Å². The Labute approximate surface area is 127 Å². The Kier molecular flexibility index (Phi) is 8.80. The summed E-state index contributed by atoms with van der Waals surface area (Å²) in [5, 5.41) is 26.0. The molecule has 0 heterocycles. The average Bonchev–Trinajstić information content (AvgIpc) is 2.44. The van der Waals surface area contributed by atoms with Gasteiger partial charge in [-0.25, -0.2) is 14.4 Å². The van der Waals surface area contributed by atoms with Crippen molar-refractivity contribution in [1.82, 2.24) is 0 Å². The largest absolute Gasteiger partial charge is 0.478 e. The molecular weight excluding hydrogens is 300 g/mol. The lowest BCUT2D eigenvalue weighted by Crippen LogP contribution is -2.14. The summed E-state index contributed by atoms with van der Waals surface area (Å²) in [4.78, 5) is 32.0. The van der Waals surface area contributed by atoms with Crippen molar-refractivity contribution in [2.75, 3.05) is 5.88 Å². The number of carboxylic acids is 3. The second-order valence-corrected chi connectivity index (χ2v) is 4.42. The summed E-state index contributed by atoms with van der Waals surface area (Å²) in [6.07, 6.45) is 3.73. The molecule has 0 saturated carbocycles. The van der Waals surface area contributed by atoms with E-state index in [9.17, 15) is 14.4 Å². The van der Waals surface area contributed by atoms with Crippen LogP contribution in [0.25, 0.3) is 0 Å². The van der Waals surface area contributed by atoms with Gasteiger partial charge in [-0.05, 0) is 18.6 Å². The summed E-state index contributed by atoms with van der Waals surface area (Å²) in [6.45, 7) is 2.17. The number of alkyl halides is 1. The summed E-state index contributed by atoms with van der Waals surface area (Å²) >= 11 is 5.38. The van der Waals surface area contributed by atoms with Gasteiger partial charge < -0.3 is 15.3 Å². The smallest absolute Gasteiger partial charge is 0.337 e. The number of carboxylic acid groups (broad SMARTS) is 3. The number of rotatable bonds is 6. The molecule has 0 aromatic heterocycles. The first-order valence-electron chi connectivity index (χ1n) is 6.25. The van der Waals surface area contributed by atoms with Gasteiger partial charge in [-0.1, -0.05) is 25.8 Å². The van der Waals surface area contributed by atoms with Crippen molar-refractivity contribution in [2.24, 2.45) is 0 Å². The first-order valence-corrected chi connectivity index (χ1v) is 6.79. The van der Waals surface area contributed by atoms with Crippen LogP contribution in [0.5, 0.6) is 0 Å². The fraction of sp³-hybridized carbons (Fsp3) is 0.357. The van der Waals surface area contributed by atoms with Crippen LogP contribution in [-0.2, 0) is 0 Å². The Morgan fingerprint density at radius 2 is 1.43 bits per heavy atom. The van der Waals surface area contributed by atoms with E-state index in [1.165, 1.54) is 25.3 Å². The van der Waals surface area contributed by atoms with E-state index >= 15 is 0 Å². The molecule has 0 spiro atoms. The van der Waals surface area contributed by atoms with Crippen LogP contribution in [0.2, 0.25) is 0 Å². The minimum absolute atomic E-state index is 0.539. The van der Waals surface area contributed by atoms with Gasteiger partial charge in [0.15, 0.2) is 0 Å². The highest BCUT2D eigenvalue weighted by atomic mass is 35.5. The summed E-state index contributed by atoms with van der Waals surface area (Å²) in [7, 11) is 0. The molecule has 0 saturated heterocycles. The molecule has 0 fully saturated rings. The van der Waals surface area contributed by atoms with Gasteiger partial charge in [0.2, 0.25) is 0 Å². The van der Waals surface area contributed by atoms with E-state index in [4.69, 9.17) is 26.9 Å². The second kappa shape index (κ2) is 9.77. The van der Waals surface area contributed by atoms with Crippen molar-refractivity contribution in [3.63, 3.8) is 0 Å². The predicted molar refractivity (Wildman–Crippen MR) is 77.6 cm³/mol. The Hall–Kier alpha value is -2.08. The third-order valence-electron chi connectivity index (χ3n) is 2.48. The van der Waals surface area contributed by atoms with E-state index < -0.39 is 34.6 Å². The van der Waals surface area contributed by atoms with Crippen LogP contribution in [0.15, 0.2) is 18.2 Å². The zero-order valence-corrected chi connectivity index (χ0v) is 12.3. The van der Waals surface area contributed by atoms with Crippen LogP contribution >= 0.6 is 11.6 Å². The quantitative estimate of drug-likeness (QED) is 0.549. The summed E-state index contributed by atoms with van der Waals surface area (Å²) in [5.74, 6) is -3.70. The highest BCUT2D eigenvalue weighted by molar-refractivity contribution is 6.17. The van der Waals surface area contributed by atoms with Crippen molar-refractivity contribution < 1.29 is 29.7 Å². The molecule has 0 radical (unpaired) electrons. The Balaban J connectivity index is 0.000000567. The van der Waals surface area contributed by atoms with Gasteiger partial charge in [0.1, 0.15) is 0 Å². The lowest BCUT2D eigenvalue weighted by atomic mass is 10.0. The molecule has 0 amide bonds. The van der Waals surface area contributed by atoms with Crippen molar-refractivity contribution in [3.8, 4) is 0 Å². The lowest BCUT2D eigenvalue weighted by Gasteiger charge is -2.04. The van der Waals surface area contributed by atoms with Gasteiger partial charge in [0.05, 0.1) is 16.7 Å². The van der Waals surface area contributed by atoms with Gasteiger partial charge in [-0.15, -0.1) is 11.6 Å². The number of halogens is 1. The van der Waals surface area contributed by atoms with Crippen LogP contribution in [0.1, 0.15) is 57.3 Å². The van der Waals surface area contributed by atoms with E-state index in [0.717, 1.165) is 18.0 Å². The molecule has 7 heteroatoms. The Bertz CT molecular complexity index is 476. The molecule has 0 atom stereocenters.